The second kappa shape index (κ2) is 5.35. The molecule has 5 nitrogen and oxygen atoms in total. The lowest BCUT2D eigenvalue weighted by Gasteiger charge is -2.50. The lowest BCUT2D eigenvalue weighted by molar-refractivity contribution is -0.164. The number of hydrogen-bond acceptors (Lipinski definition) is 3. The average molecular weight is 282 g/mol. The van der Waals surface area contributed by atoms with E-state index in [0.29, 0.717) is 13.0 Å². The molecule has 1 spiro atoms. The van der Waals surface area contributed by atoms with E-state index in [1.165, 1.54) is 0 Å². The number of methoxy groups -OCH3 is 1. The van der Waals surface area contributed by atoms with Gasteiger partial charge in [-0.25, -0.2) is 0 Å². The van der Waals surface area contributed by atoms with E-state index in [9.17, 15) is 9.59 Å². The highest BCUT2D eigenvalue weighted by molar-refractivity contribution is 6.02. The Morgan fingerprint density at radius 1 is 1.35 bits per heavy atom. The summed E-state index contributed by atoms with van der Waals surface area (Å²) < 4.78 is 5.32. The topological polar surface area (TPSA) is 58.6 Å². The second-order valence-corrected chi connectivity index (χ2v) is 6.34. The van der Waals surface area contributed by atoms with Gasteiger partial charge in [-0.3, -0.25) is 9.59 Å². The third kappa shape index (κ3) is 2.22. The van der Waals surface area contributed by atoms with Crippen LogP contribution in [0.5, 0.6) is 0 Å². The maximum atomic E-state index is 12.9. The molecule has 1 saturated carbocycles. The van der Waals surface area contributed by atoms with Crippen LogP contribution in [0.2, 0.25) is 0 Å². The third-order valence-corrected chi connectivity index (χ3v) is 5.03. The lowest BCUT2D eigenvalue weighted by atomic mass is 9.83. The molecule has 1 aliphatic carbocycles. The maximum Gasteiger partial charge on any atom is 0.249 e. The van der Waals surface area contributed by atoms with Crippen molar-refractivity contribution in [3.63, 3.8) is 0 Å². The minimum Gasteiger partial charge on any atom is -0.380 e. The maximum absolute atomic E-state index is 12.9. The summed E-state index contributed by atoms with van der Waals surface area (Å²) >= 11 is 0. The first-order chi connectivity index (χ1) is 9.39. The van der Waals surface area contributed by atoms with Crippen LogP contribution in [0.15, 0.2) is 0 Å². The van der Waals surface area contributed by atoms with Crippen LogP contribution in [0.25, 0.3) is 0 Å². The Hall–Kier alpha value is -1.10. The third-order valence-electron chi connectivity index (χ3n) is 5.03. The Labute approximate surface area is 121 Å². The molecule has 0 aromatic rings. The van der Waals surface area contributed by atoms with Crippen molar-refractivity contribution in [1.29, 1.82) is 0 Å². The van der Waals surface area contributed by atoms with Gasteiger partial charge in [0.2, 0.25) is 11.8 Å². The second-order valence-electron chi connectivity index (χ2n) is 6.34. The Bertz CT molecular complexity index is 404. The summed E-state index contributed by atoms with van der Waals surface area (Å²) in [4.78, 5) is 27.4. The molecule has 1 saturated heterocycles. The van der Waals surface area contributed by atoms with E-state index in [1.807, 2.05) is 20.8 Å². The molecule has 5 heteroatoms. The average Bonchev–Trinajstić information content (AvgIpc) is 2.92. The lowest BCUT2D eigenvalue weighted by Crippen LogP contribution is -2.74. The number of carbonyl (C=O) groups excluding carboxylic acids is 2. The zero-order valence-electron chi connectivity index (χ0n) is 13.0. The fourth-order valence-corrected chi connectivity index (χ4v) is 3.32. The number of nitrogens with zero attached hydrogens (tertiary/aromatic N) is 1. The van der Waals surface area contributed by atoms with Crippen molar-refractivity contribution in [2.45, 2.75) is 70.1 Å². The molecule has 2 fully saturated rings. The molecule has 0 aromatic heterocycles. The van der Waals surface area contributed by atoms with E-state index in [-0.39, 0.29) is 17.9 Å². The number of piperazine rings is 1. The molecule has 20 heavy (non-hydrogen) atoms. The highest BCUT2D eigenvalue weighted by Crippen LogP contribution is 2.40. The number of carbonyl (C=O) groups is 2. The zero-order valence-corrected chi connectivity index (χ0v) is 13.0. The SMILES string of the molecule is CCC1(C)NC(=O)C2(CCCC2)N(CC(C)OC)C1=O. The Morgan fingerprint density at radius 2 is 1.95 bits per heavy atom. The van der Waals surface area contributed by atoms with E-state index in [0.717, 1.165) is 25.7 Å². The predicted molar refractivity (Wildman–Crippen MR) is 76.2 cm³/mol. The van der Waals surface area contributed by atoms with Gasteiger partial charge in [0.15, 0.2) is 0 Å². The van der Waals surface area contributed by atoms with Crippen molar-refractivity contribution in [3.8, 4) is 0 Å². The largest absolute Gasteiger partial charge is 0.380 e. The van der Waals surface area contributed by atoms with Crippen LogP contribution in [-0.4, -0.2) is 47.6 Å². The molecule has 2 amide bonds. The van der Waals surface area contributed by atoms with Crippen molar-refractivity contribution in [1.82, 2.24) is 10.2 Å². The number of amides is 2. The van der Waals surface area contributed by atoms with Gasteiger partial charge in [-0.2, -0.15) is 0 Å². The van der Waals surface area contributed by atoms with Gasteiger partial charge < -0.3 is 15.0 Å². The quantitative estimate of drug-likeness (QED) is 0.849. The van der Waals surface area contributed by atoms with Gasteiger partial charge in [0, 0.05) is 13.7 Å². The molecule has 1 heterocycles. The summed E-state index contributed by atoms with van der Waals surface area (Å²) in [7, 11) is 1.64. The molecule has 0 aromatic carbocycles. The molecular weight excluding hydrogens is 256 g/mol. The van der Waals surface area contributed by atoms with Crippen LogP contribution in [0.3, 0.4) is 0 Å². The fourth-order valence-electron chi connectivity index (χ4n) is 3.32. The number of rotatable bonds is 4. The highest BCUT2D eigenvalue weighted by atomic mass is 16.5. The van der Waals surface area contributed by atoms with Gasteiger partial charge in [-0.1, -0.05) is 19.8 Å². The standard InChI is InChI=1S/C15H26N2O3/c1-5-14(3)13(19)17(10-11(2)20-4)15(12(18)16-14)8-6-7-9-15/h11H,5-10H2,1-4H3,(H,16,18). The number of hydrogen-bond donors (Lipinski definition) is 1. The minimum atomic E-state index is -0.779. The Balaban J connectivity index is 2.36. The highest BCUT2D eigenvalue weighted by Gasteiger charge is 2.57. The van der Waals surface area contributed by atoms with E-state index >= 15 is 0 Å². The van der Waals surface area contributed by atoms with Crippen LogP contribution in [0.4, 0.5) is 0 Å². The normalized spacial score (nSPS) is 30.7. The molecule has 114 valence electrons. The van der Waals surface area contributed by atoms with Crippen LogP contribution < -0.4 is 5.32 Å². The van der Waals surface area contributed by atoms with Gasteiger partial charge in [-0.05, 0) is 33.1 Å². The van der Waals surface area contributed by atoms with Crippen LogP contribution in [-0.2, 0) is 14.3 Å². The first-order valence-corrected chi connectivity index (χ1v) is 7.57. The van der Waals surface area contributed by atoms with Gasteiger partial charge in [0.25, 0.3) is 0 Å². The van der Waals surface area contributed by atoms with Crippen molar-refractivity contribution >= 4 is 11.8 Å². The molecule has 1 aliphatic heterocycles. The smallest absolute Gasteiger partial charge is 0.249 e. The molecule has 2 aliphatic rings. The molecule has 0 radical (unpaired) electrons. The van der Waals surface area contributed by atoms with Crippen LogP contribution >= 0.6 is 0 Å². The van der Waals surface area contributed by atoms with Crippen LogP contribution in [0.1, 0.15) is 52.9 Å². The number of nitrogens with one attached hydrogen (secondary N) is 1. The van der Waals surface area contributed by atoms with Crippen molar-refractivity contribution in [2.24, 2.45) is 0 Å². The first kappa shape index (κ1) is 15.3. The monoisotopic (exact) mass is 282 g/mol. The fraction of sp³-hybridized carbons (Fsp3) is 0.867. The molecule has 2 atom stereocenters. The number of ether oxygens (including phenoxy) is 1. The molecule has 2 rings (SSSR count). The molecular formula is C15H26N2O3. The van der Waals surface area contributed by atoms with Crippen molar-refractivity contribution in [2.75, 3.05) is 13.7 Å². The summed E-state index contributed by atoms with van der Waals surface area (Å²) in [6.45, 7) is 6.17. The summed E-state index contributed by atoms with van der Waals surface area (Å²) in [6, 6.07) is 0. The Morgan fingerprint density at radius 3 is 2.45 bits per heavy atom. The van der Waals surface area contributed by atoms with Crippen molar-refractivity contribution < 1.29 is 14.3 Å². The molecule has 2 unspecified atom stereocenters. The zero-order chi connectivity index (χ0) is 15.0. The molecule has 1 N–H and O–H groups in total. The van der Waals surface area contributed by atoms with Crippen molar-refractivity contribution in [3.05, 3.63) is 0 Å². The van der Waals surface area contributed by atoms with E-state index in [2.05, 4.69) is 5.32 Å². The summed E-state index contributed by atoms with van der Waals surface area (Å²) in [6.07, 6.45) is 4.07. The summed E-state index contributed by atoms with van der Waals surface area (Å²) in [5.41, 5.74) is -1.42. The summed E-state index contributed by atoms with van der Waals surface area (Å²) in [5.74, 6) is 0.0488. The predicted octanol–water partition coefficient (Wildman–Crippen LogP) is 1.46. The first-order valence-electron chi connectivity index (χ1n) is 7.57. The van der Waals surface area contributed by atoms with E-state index in [4.69, 9.17) is 4.74 Å². The van der Waals surface area contributed by atoms with Gasteiger partial charge in [-0.15, -0.1) is 0 Å². The Kier molecular flexibility index (Phi) is 4.09. The van der Waals surface area contributed by atoms with E-state index < -0.39 is 11.1 Å². The van der Waals surface area contributed by atoms with Gasteiger partial charge in [0.05, 0.1) is 6.10 Å². The molecule has 0 bridgehead atoms. The van der Waals surface area contributed by atoms with Gasteiger partial charge >= 0.3 is 0 Å². The van der Waals surface area contributed by atoms with Crippen LogP contribution in [0, 0.1) is 0 Å². The van der Waals surface area contributed by atoms with Gasteiger partial charge in [0.1, 0.15) is 11.1 Å². The van der Waals surface area contributed by atoms with E-state index in [1.54, 1.807) is 12.0 Å². The minimum absolute atomic E-state index is 0.0160. The summed E-state index contributed by atoms with van der Waals surface area (Å²) in [5, 5.41) is 2.98.